The topological polar surface area (TPSA) is 28.6 Å². The highest BCUT2D eigenvalue weighted by atomic mass is 16.5. The van der Waals surface area contributed by atoms with Gasteiger partial charge in [0, 0.05) is 62.0 Å². The second-order valence-electron chi connectivity index (χ2n) is 7.13. The third kappa shape index (κ3) is 3.06. The monoisotopic (exact) mass is 345 g/mol. The van der Waals surface area contributed by atoms with Crippen molar-refractivity contribution in [3.05, 3.63) is 71.7 Å². The van der Waals surface area contributed by atoms with E-state index in [-0.39, 0.29) is 0 Å². The van der Waals surface area contributed by atoms with Gasteiger partial charge in [0.15, 0.2) is 0 Å². The predicted octanol–water partition coefficient (Wildman–Crippen LogP) is 3.05. The first-order valence-electron chi connectivity index (χ1n) is 9.39. The molecule has 4 nitrogen and oxygen atoms in total. The Hall–Kier alpha value is -2.43. The van der Waals surface area contributed by atoms with Crippen LogP contribution in [0.4, 0.5) is 0 Å². The Morgan fingerprint density at radius 1 is 0.923 bits per heavy atom. The first kappa shape index (κ1) is 15.8. The zero-order chi connectivity index (χ0) is 17.3. The molecule has 1 fully saturated rings. The third-order valence-electron chi connectivity index (χ3n) is 5.47. The summed E-state index contributed by atoms with van der Waals surface area (Å²) in [6.45, 7) is 7.07. The van der Waals surface area contributed by atoms with Crippen molar-refractivity contribution in [2.45, 2.75) is 0 Å². The molecule has 5 rings (SSSR count). The van der Waals surface area contributed by atoms with Crippen LogP contribution < -0.4 is 0 Å². The molecule has 0 atom stereocenters. The Kier molecular flexibility index (Phi) is 4.07. The highest BCUT2D eigenvalue weighted by molar-refractivity contribution is 5.87. The third-order valence-corrected chi connectivity index (χ3v) is 5.47. The van der Waals surface area contributed by atoms with E-state index in [4.69, 9.17) is 4.74 Å². The van der Waals surface area contributed by atoms with Crippen molar-refractivity contribution in [2.24, 2.45) is 0 Å². The quantitative estimate of drug-likeness (QED) is 0.833. The summed E-state index contributed by atoms with van der Waals surface area (Å²) in [4.78, 5) is 9.52. The lowest BCUT2D eigenvalue weighted by molar-refractivity contribution is 0.0356. The summed E-state index contributed by atoms with van der Waals surface area (Å²) in [6, 6.07) is 12.8. The maximum absolute atomic E-state index is 5.44. The van der Waals surface area contributed by atoms with E-state index in [2.05, 4.69) is 57.3 Å². The summed E-state index contributed by atoms with van der Waals surface area (Å²) < 4.78 is 5.44. The molecule has 3 aliphatic rings. The molecule has 3 heterocycles. The zero-order valence-corrected chi connectivity index (χ0v) is 14.9. The van der Waals surface area contributed by atoms with Gasteiger partial charge in [-0.2, -0.15) is 0 Å². The fourth-order valence-electron chi connectivity index (χ4n) is 3.89. The number of benzene rings is 1. The highest BCUT2D eigenvalue weighted by Gasteiger charge is 2.35. The van der Waals surface area contributed by atoms with Gasteiger partial charge >= 0.3 is 0 Å². The van der Waals surface area contributed by atoms with Crippen molar-refractivity contribution in [2.75, 3.05) is 45.9 Å². The van der Waals surface area contributed by atoms with Crippen LogP contribution >= 0.6 is 0 Å². The number of fused-ring (bicyclic) bond motifs is 1. The first-order chi connectivity index (χ1) is 12.9. The number of allylic oxidation sites excluding steroid dienone is 2. The number of hydrogen-bond donors (Lipinski definition) is 0. The van der Waals surface area contributed by atoms with E-state index >= 15 is 0 Å². The standard InChI is InChI=1S/C22H23N3O/c1-2-4-17(5-3-1)18-12-19(15-23-14-18)21-16-25(22-13-20(21)22)7-6-24-8-10-26-11-9-24/h1-5,12-15H,6-11,16H2. The molecule has 26 heavy (non-hydrogen) atoms. The summed E-state index contributed by atoms with van der Waals surface area (Å²) >= 11 is 0. The zero-order valence-electron chi connectivity index (χ0n) is 14.9. The maximum Gasteiger partial charge on any atom is 0.0594 e. The van der Waals surface area contributed by atoms with Crippen LogP contribution in [-0.4, -0.2) is 60.7 Å². The lowest BCUT2D eigenvalue weighted by atomic mass is 10.0. The van der Waals surface area contributed by atoms with Gasteiger partial charge in [-0.3, -0.25) is 9.88 Å². The minimum Gasteiger partial charge on any atom is -0.379 e. The SMILES string of the molecule is C1=C2C1=C(c1cncc(-c3ccccc3)c1)CN2CCN1CCOCC1. The molecule has 0 saturated carbocycles. The Bertz CT molecular complexity index is 866. The Labute approximate surface area is 154 Å². The molecule has 1 aliphatic carbocycles. The van der Waals surface area contributed by atoms with E-state index in [0.29, 0.717) is 0 Å². The van der Waals surface area contributed by atoms with Crippen molar-refractivity contribution in [1.82, 2.24) is 14.8 Å². The normalized spacial score (nSPS) is 19.5. The van der Waals surface area contributed by atoms with Crippen LogP contribution in [0.2, 0.25) is 0 Å². The molecular formula is C22H23N3O. The van der Waals surface area contributed by atoms with Crippen LogP contribution in [-0.2, 0) is 4.74 Å². The van der Waals surface area contributed by atoms with Crippen LogP contribution in [0.25, 0.3) is 16.7 Å². The molecule has 1 saturated heterocycles. The summed E-state index contributed by atoms with van der Waals surface area (Å²) in [5.74, 6) is 0. The minimum atomic E-state index is 0.870. The molecule has 0 radical (unpaired) electrons. The molecule has 0 amide bonds. The van der Waals surface area contributed by atoms with Crippen LogP contribution in [0.5, 0.6) is 0 Å². The molecular weight excluding hydrogens is 322 g/mol. The average molecular weight is 345 g/mol. The summed E-state index contributed by atoms with van der Waals surface area (Å²) in [5, 5.41) is 0. The molecule has 1 aromatic heterocycles. The summed E-state index contributed by atoms with van der Waals surface area (Å²) in [5.41, 5.74) is 7.94. The largest absolute Gasteiger partial charge is 0.379 e. The number of rotatable bonds is 5. The molecule has 1 aromatic carbocycles. The molecule has 0 unspecified atom stereocenters. The van der Waals surface area contributed by atoms with Gasteiger partial charge in [0.25, 0.3) is 0 Å². The fourth-order valence-corrected chi connectivity index (χ4v) is 3.89. The van der Waals surface area contributed by atoms with Crippen LogP contribution in [0, 0.1) is 0 Å². The van der Waals surface area contributed by atoms with Crippen LogP contribution in [0.1, 0.15) is 5.56 Å². The van der Waals surface area contributed by atoms with Crippen molar-refractivity contribution >= 4 is 5.57 Å². The predicted molar refractivity (Wildman–Crippen MR) is 104 cm³/mol. The van der Waals surface area contributed by atoms with Gasteiger partial charge in [-0.1, -0.05) is 30.3 Å². The smallest absolute Gasteiger partial charge is 0.0594 e. The van der Waals surface area contributed by atoms with E-state index in [0.717, 1.165) is 45.9 Å². The van der Waals surface area contributed by atoms with Gasteiger partial charge in [0.2, 0.25) is 0 Å². The fraction of sp³-hybridized carbons (Fsp3) is 0.318. The van der Waals surface area contributed by atoms with Gasteiger partial charge in [0.1, 0.15) is 0 Å². The first-order valence-corrected chi connectivity index (χ1v) is 9.39. The molecule has 0 spiro atoms. The van der Waals surface area contributed by atoms with Gasteiger partial charge < -0.3 is 9.64 Å². The van der Waals surface area contributed by atoms with E-state index in [1.165, 1.54) is 33.5 Å². The van der Waals surface area contributed by atoms with Crippen LogP contribution in [0.15, 0.2) is 66.1 Å². The van der Waals surface area contributed by atoms with Gasteiger partial charge in [-0.25, -0.2) is 0 Å². The van der Waals surface area contributed by atoms with Gasteiger partial charge in [-0.15, -0.1) is 0 Å². The van der Waals surface area contributed by atoms with Crippen LogP contribution in [0.3, 0.4) is 0 Å². The second-order valence-corrected chi connectivity index (χ2v) is 7.13. The number of hydrogen-bond acceptors (Lipinski definition) is 4. The number of pyridine rings is 1. The van der Waals surface area contributed by atoms with Crippen molar-refractivity contribution in [3.63, 3.8) is 0 Å². The van der Waals surface area contributed by atoms with Crippen molar-refractivity contribution < 1.29 is 4.74 Å². The highest BCUT2D eigenvalue weighted by Crippen LogP contribution is 2.45. The molecule has 0 N–H and O–H groups in total. The van der Waals surface area contributed by atoms with Gasteiger partial charge in [-0.05, 0) is 28.8 Å². The van der Waals surface area contributed by atoms with Gasteiger partial charge in [0.05, 0.1) is 13.2 Å². The number of nitrogens with zero attached hydrogens (tertiary/aromatic N) is 3. The molecule has 2 aromatic rings. The molecule has 2 aliphatic heterocycles. The van der Waals surface area contributed by atoms with E-state index < -0.39 is 0 Å². The molecule has 132 valence electrons. The van der Waals surface area contributed by atoms with Crippen molar-refractivity contribution in [3.8, 4) is 11.1 Å². The lowest BCUT2D eigenvalue weighted by Gasteiger charge is -2.29. The number of aromatic nitrogens is 1. The average Bonchev–Trinajstić information content (AvgIpc) is 3.43. The maximum atomic E-state index is 5.44. The minimum absolute atomic E-state index is 0.870. The molecule has 0 bridgehead atoms. The Balaban J connectivity index is 1.28. The summed E-state index contributed by atoms with van der Waals surface area (Å²) in [7, 11) is 0. The summed E-state index contributed by atoms with van der Waals surface area (Å²) in [6.07, 6.45) is 6.27. The Morgan fingerprint density at radius 2 is 1.73 bits per heavy atom. The molecule has 4 heteroatoms. The second kappa shape index (κ2) is 6.71. The van der Waals surface area contributed by atoms with Crippen molar-refractivity contribution in [1.29, 1.82) is 0 Å². The Morgan fingerprint density at radius 3 is 2.58 bits per heavy atom. The number of morpholine rings is 1. The van der Waals surface area contributed by atoms with E-state index in [1.807, 2.05) is 12.4 Å². The number of ether oxygens (including phenoxy) is 1. The van der Waals surface area contributed by atoms with E-state index in [1.54, 1.807) is 0 Å². The lowest BCUT2D eigenvalue weighted by Crippen LogP contribution is -2.40. The van der Waals surface area contributed by atoms with E-state index in [9.17, 15) is 0 Å².